The van der Waals surface area contributed by atoms with Crippen molar-refractivity contribution >= 4 is 17.7 Å². The van der Waals surface area contributed by atoms with Gasteiger partial charge in [-0.3, -0.25) is 9.64 Å². The molecular weight excluding hydrogens is 240 g/mol. The summed E-state index contributed by atoms with van der Waals surface area (Å²) in [5.74, 6) is 0.551. The summed E-state index contributed by atoms with van der Waals surface area (Å²) in [7, 11) is 0. The summed E-state index contributed by atoms with van der Waals surface area (Å²) < 4.78 is 0. The van der Waals surface area contributed by atoms with Crippen LogP contribution in [-0.2, 0) is 4.79 Å². The average Bonchev–Trinajstić information content (AvgIpc) is 2.95. The van der Waals surface area contributed by atoms with E-state index in [1.54, 1.807) is 16.7 Å². The van der Waals surface area contributed by atoms with Crippen LogP contribution in [0.2, 0.25) is 0 Å². The highest BCUT2D eigenvalue weighted by Crippen LogP contribution is 2.38. The van der Waals surface area contributed by atoms with Gasteiger partial charge in [-0.1, -0.05) is 0 Å². The van der Waals surface area contributed by atoms with Crippen molar-refractivity contribution in [1.29, 1.82) is 0 Å². The van der Waals surface area contributed by atoms with E-state index in [1.165, 1.54) is 0 Å². The Labute approximate surface area is 104 Å². The van der Waals surface area contributed by atoms with Crippen molar-refractivity contribution in [2.45, 2.75) is 23.5 Å². The number of hydrogen-bond donors (Lipinski definition) is 3. The van der Waals surface area contributed by atoms with Crippen molar-refractivity contribution in [3.63, 3.8) is 0 Å². The summed E-state index contributed by atoms with van der Waals surface area (Å²) in [6.45, 7) is 7.87. The summed E-state index contributed by atoms with van der Waals surface area (Å²) in [5, 5.41) is 12.1. The number of likely N-dealkylation sites (tertiary alicyclic amines) is 1. The highest BCUT2D eigenvalue weighted by Gasteiger charge is 2.48. The Bertz CT molecular complexity index is 359. The van der Waals surface area contributed by atoms with Gasteiger partial charge in [0.1, 0.15) is 6.04 Å². The number of rotatable bonds is 2. The Morgan fingerprint density at radius 2 is 2.59 bits per heavy atom. The molecule has 94 valence electrons. The van der Waals surface area contributed by atoms with Crippen LogP contribution in [0.4, 0.5) is 0 Å². The monoisotopic (exact) mass is 256 g/mol. The lowest BCUT2D eigenvalue weighted by Crippen LogP contribution is -2.48. The zero-order chi connectivity index (χ0) is 12.5. The number of carbonyl (C=O) groups excluding carboxylic acids is 1. The topological polar surface area (TPSA) is 83.0 Å². The molecule has 2 fully saturated rings. The van der Waals surface area contributed by atoms with Crippen LogP contribution < -0.4 is 11.1 Å². The number of thioether (sulfide) groups is 1. The van der Waals surface area contributed by atoms with Gasteiger partial charge >= 0.3 is 0 Å². The first-order chi connectivity index (χ1) is 8.10. The first-order valence-electron chi connectivity index (χ1n) is 5.54. The van der Waals surface area contributed by atoms with Crippen molar-refractivity contribution in [3.8, 4) is 0 Å². The third-order valence-corrected chi connectivity index (χ3v) is 4.65. The molecule has 0 bridgehead atoms. The van der Waals surface area contributed by atoms with Crippen molar-refractivity contribution < 1.29 is 9.90 Å². The largest absolute Gasteiger partial charge is 0.394 e. The summed E-state index contributed by atoms with van der Waals surface area (Å²) in [5.41, 5.74) is 5.52. The van der Waals surface area contributed by atoms with Gasteiger partial charge in [-0.15, -0.1) is 11.8 Å². The zero-order valence-electron chi connectivity index (χ0n) is 9.43. The van der Waals surface area contributed by atoms with Crippen LogP contribution in [0, 0.1) is 6.57 Å². The van der Waals surface area contributed by atoms with Gasteiger partial charge in [-0.25, -0.2) is 11.9 Å². The van der Waals surface area contributed by atoms with E-state index in [-0.39, 0.29) is 23.6 Å². The van der Waals surface area contributed by atoms with E-state index in [1.807, 2.05) is 0 Å². The van der Waals surface area contributed by atoms with Crippen LogP contribution in [0.3, 0.4) is 0 Å². The normalized spacial score (nSPS) is 33.9. The molecule has 0 aliphatic carbocycles. The molecule has 2 aliphatic heterocycles. The highest BCUT2D eigenvalue weighted by atomic mass is 32.2. The first kappa shape index (κ1) is 12.6. The maximum atomic E-state index is 11.8. The van der Waals surface area contributed by atoms with E-state index < -0.39 is 6.04 Å². The summed E-state index contributed by atoms with van der Waals surface area (Å²) >= 11 is 1.70. The van der Waals surface area contributed by atoms with Crippen LogP contribution in [0.25, 0.3) is 4.85 Å². The second-order valence-electron chi connectivity index (χ2n) is 4.39. The van der Waals surface area contributed by atoms with Crippen LogP contribution in [0.5, 0.6) is 0 Å². The van der Waals surface area contributed by atoms with Crippen molar-refractivity contribution in [2.24, 2.45) is 5.73 Å². The number of carbonyl (C=O) groups is 1. The molecule has 1 spiro atoms. The molecule has 0 saturated carbocycles. The van der Waals surface area contributed by atoms with E-state index in [9.17, 15) is 4.79 Å². The maximum absolute atomic E-state index is 11.8. The first-order valence-corrected chi connectivity index (χ1v) is 6.52. The number of nitrogens with two attached hydrogens (primary N) is 1. The summed E-state index contributed by atoms with van der Waals surface area (Å²) in [4.78, 5) is 16.8. The number of aliphatic hydroxyl groups is 1. The minimum absolute atomic E-state index is 0.151. The van der Waals surface area contributed by atoms with Crippen LogP contribution in [0.15, 0.2) is 0 Å². The molecule has 2 aliphatic rings. The maximum Gasteiger partial charge on any atom is 0.287 e. The minimum atomic E-state index is -0.826. The molecule has 1 amide bonds. The number of hydrogen-bond acceptors (Lipinski definition) is 5. The Morgan fingerprint density at radius 1 is 1.82 bits per heavy atom. The predicted molar refractivity (Wildman–Crippen MR) is 65.0 cm³/mol. The number of amides is 1. The smallest absolute Gasteiger partial charge is 0.287 e. The number of aliphatic hydroxyl groups excluding tert-OH is 1. The third kappa shape index (κ3) is 2.40. The molecule has 17 heavy (non-hydrogen) atoms. The van der Waals surface area contributed by atoms with E-state index in [4.69, 9.17) is 17.4 Å². The quantitative estimate of drug-likeness (QED) is 0.542. The SMILES string of the molecule is [C-]#[N+][C@@H]1CSC2(CCN(C(=O)[C@@H](N)CO)C2)N1. The molecule has 7 heteroatoms. The molecule has 6 nitrogen and oxygen atoms in total. The molecule has 1 unspecified atom stereocenters. The second kappa shape index (κ2) is 4.82. The van der Waals surface area contributed by atoms with Crippen molar-refractivity contribution in [2.75, 3.05) is 25.4 Å². The molecule has 2 saturated heterocycles. The van der Waals surface area contributed by atoms with Crippen LogP contribution in [-0.4, -0.2) is 58.4 Å². The fourth-order valence-electron chi connectivity index (χ4n) is 2.21. The minimum Gasteiger partial charge on any atom is -0.394 e. The lowest BCUT2D eigenvalue weighted by Gasteiger charge is -2.24. The number of nitrogens with zero attached hydrogens (tertiary/aromatic N) is 2. The van der Waals surface area contributed by atoms with Crippen molar-refractivity contribution in [3.05, 3.63) is 11.4 Å². The Kier molecular flexibility index (Phi) is 3.58. The Morgan fingerprint density at radius 3 is 3.18 bits per heavy atom. The van der Waals surface area contributed by atoms with Gasteiger partial charge in [0.2, 0.25) is 5.91 Å². The summed E-state index contributed by atoms with van der Waals surface area (Å²) in [6.07, 6.45) is 0.676. The predicted octanol–water partition coefficient (Wildman–Crippen LogP) is -1.18. The number of nitrogens with one attached hydrogen (secondary N) is 1. The molecule has 4 N–H and O–H groups in total. The van der Waals surface area contributed by atoms with E-state index in [0.29, 0.717) is 13.1 Å². The van der Waals surface area contributed by atoms with E-state index >= 15 is 0 Å². The molecular formula is C10H16N4O2S. The lowest BCUT2D eigenvalue weighted by molar-refractivity contribution is -0.132. The van der Waals surface area contributed by atoms with Gasteiger partial charge in [-0.05, 0) is 6.42 Å². The molecule has 0 aromatic carbocycles. The third-order valence-electron chi connectivity index (χ3n) is 3.16. The average molecular weight is 256 g/mol. The van der Waals surface area contributed by atoms with Gasteiger partial charge in [0.25, 0.3) is 6.17 Å². The van der Waals surface area contributed by atoms with Crippen LogP contribution >= 0.6 is 11.8 Å². The van der Waals surface area contributed by atoms with Crippen LogP contribution in [0.1, 0.15) is 6.42 Å². The Hall–Kier alpha value is -0.810. The standard InChI is InChI=1S/C10H16N4O2S/c1-12-8-5-17-10(13-8)2-3-14(6-10)9(16)7(11)4-15/h7-8,13,15H,2-6,11H2/t7-,8-,10?/m0/s1. The summed E-state index contributed by atoms with van der Waals surface area (Å²) in [6, 6.07) is -0.826. The van der Waals surface area contributed by atoms with Crippen molar-refractivity contribution in [1.82, 2.24) is 10.2 Å². The van der Waals surface area contributed by atoms with Gasteiger partial charge in [0, 0.05) is 13.1 Å². The lowest BCUT2D eigenvalue weighted by atomic mass is 10.2. The van der Waals surface area contributed by atoms with Gasteiger partial charge in [0.05, 0.1) is 17.2 Å². The Balaban J connectivity index is 1.96. The van der Waals surface area contributed by atoms with E-state index in [2.05, 4.69) is 10.2 Å². The molecule has 0 aromatic rings. The fraction of sp³-hybridized carbons (Fsp3) is 0.800. The fourth-order valence-corrected chi connectivity index (χ4v) is 3.55. The molecule has 0 radical (unpaired) electrons. The van der Waals surface area contributed by atoms with Gasteiger partial charge < -0.3 is 15.7 Å². The zero-order valence-corrected chi connectivity index (χ0v) is 10.2. The van der Waals surface area contributed by atoms with Gasteiger partial charge in [-0.2, -0.15) is 0 Å². The highest BCUT2D eigenvalue weighted by molar-refractivity contribution is 8.01. The second-order valence-corrected chi connectivity index (χ2v) is 5.80. The van der Waals surface area contributed by atoms with E-state index in [0.717, 1.165) is 12.2 Å². The molecule has 3 atom stereocenters. The molecule has 2 heterocycles. The van der Waals surface area contributed by atoms with Gasteiger partial charge in [0.15, 0.2) is 0 Å². The molecule has 0 aromatic heterocycles. The molecule has 2 rings (SSSR count).